The molecule has 0 aliphatic carbocycles. The van der Waals surface area contributed by atoms with Crippen molar-refractivity contribution >= 4 is 10.0 Å². The molecule has 0 saturated carbocycles. The van der Waals surface area contributed by atoms with Gasteiger partial charge in [0.25, 0.3) is 0 Å². The SMILES string of the molecule is O=S(=O)(CCCO)NCc1ccncn1. The average Bonchev–Trinajstić information content (AvgIpc) is 2.25. The third-order valence-electron chi connectivity index (χ3n) is 1.69. The zero-order valence-electron chi connectivity index (χ0n) is 8.13. The van der Waals surface area contributed by atoms with Gasteiger partial charge in [-0.05, 0) is 12.5 Å². The van der Waals surface area contributed by atoms with E-state index in [1.54, 1.807) is 12.3 Å². The van der Waals surface area contributed by atoms with Crippen molar-refractivity contribution in [3.8, 4) is 0 Å². The maximum Gasteiger partial charge on any atom is 0.212 e. The molecule has 0 amide bonds. The lowest BCUT2D eigenvalue weighted by atomic mass is 10.4. The first-order chi connectivity index (χ1) is 7.14. The van der Waals surface area contributed by atoms with Crippen molar-refractivity contribution in [2.24, 2.45) is 0 Å². The molecule has 0 fully saturated rings. The van der Waals surface area contributed by atoms with Crippen LogP contribution in [-0.2, 0) is 16.6 Å². The van der Waals surface area contributed by atoms with Gasteiger partial charge in [0.15, 0.2) is 0 Å². The smallest absolute Gasteiger partial charge is 0.212 e. The van der Waals surface area contributed by atoms with E-state index in [9.17, 15) is 8.42 Å². The van der Waals surface area contributed by atoms with Crippen molar-refractivity contribution in [1.29, 1.82) is 0 Å². The molecule has 0 radical (unpaired) electrons. The van der Waals surface area contributed by atoms with Crippen molar-refractivity contribution in [3.05, 3.63) is 24.3 Å². The zero-order valence-corrected chi connectivity index (χ0v) is 8.94. The molecule has 1 aromatic heterocycles. The average molecular weight is 231 g/mol. The van der Waals surface area contributed by atoms with Crippen molar-refractivity contribution in [2.75, 3.05) is 12.4 Å². The van der Waals surface area contributed by atoms with Gasteiger partial charge in [-0.15, -0.1) is 0 Å². The molecule has 15 heavy (non-hydrogen) atoms. The number of sulfonamides is 1. The molecule has 0 aliphatic rings. The van der Waals surface area contributed by atoms with E-state index < -0.39 is 10.0 Å². The Morgan fingerprint density at radius 3 is 2.87 bits per heavy atom. The number of aliphatic hydroxyl groups excluding tert-OH is 1. The largest absolute Gasteiger partial charge is 0.396 e. The van der Waals surface area contributed by atoms with Crippen LogP contribution in [0.1, 0.15) is 12.1 Å². The van der Waals surface area contributed by atoms with Crippen LogP contribution in [0.15, 0.2) is 18.6 Å². The summed E-state index contributed by atoms with van der Waals surface area (Å²) in [5, 5.41) is 8.50. The highest BCUT2D eigenvalue weighted by Gasteiger charge is 2.08. The summed E-state index contributed by atoms with van der Waals surface area (Å²) in [4.78, 5) is 7.59. The minimum absolute atomic E-state index is 0.0748. The quantitative estimate of drug-likeness (QED) is 0.674. The minimum atomic E-state index is -3.31. The standard InChI is InChI=1S/C8H13N3O3S/c12-4-1-5-15(13,14)11-6-8-2-3-9-7-10-8/h2-3,7,11-12H,1,4-6H2. The van der Waals surface area contributed by atoms with E-state index in [1.807, 2.05) is 0 Å². The van der Waals surface area contributed by atoms with Crippen molar-refractivity contribution in [2.45, 2.75) is 13.0 Å². The molecule has 6 nitrogen and oxygen atoms in total. The molecule has 2 N–H and O–H groups in total. The molecule has 0 unspecified atom stereocenters. The number of rotatable bonds is 6. The molecular weight excluding hydrogens is 218 g/mol. The summed E-state index contributed by atoms with van der Waals surface area (Å²) in [6, 6.07) is 1.63. The second kappa shape index (κ2) is 5.74. The summed E-state index contributed by atoms with van der Waals surface area (Å²) in [6.07, 6.45) is 3.14. The lowest BCUT2D eigenvalue weighted by Gasteiger charge is -2.04. The van der Waals surface area contributed by atoms with E-state index in [-0.39, 0.29) is 25.3 Å². The molecule has 1 rings (SSSR count). The Hall–Kier alpha value is -1.05. The van der Waals surface area contributed by atoms with E-state index in [1.165, 1.54) is 6.33 Å². The first kappa shape index (κ1) is 12.0. The monoisotopic (exact) mass is 231 g/mol. The second-order valence-corrected chi connectivity index (χ2v) is 4.84. The van der Waals surface area contributed by atoms with Crippen LogP contribution >= 0.6 is 0 Å². The van der Waals surface area contributed by atoms with E-state index >= 15 is 0 Å². The molecule has 84 valence electrons. The Balaban J connectivity index is 2.43. The molecule has 0 atom stereocenters. The predicted molar refractivity (Wildman–Crippen MR) is 54.4 cm³/mol. The summed E-state index contributed by atoms with van der Waals surface area (Å²) in [5.74, 6) is -0.0748. The van der Waals surface area contributed by atoms with E-state index in [0.29, 0.717) is 5.69 Å². The van der Waals surface area contributed by atoms with Gasteiger partial charge < -0.3 is 5.11 Å². The molecule has 7 heteroatoms. The normalized spacial score (nSPS) is 11.5. The van der Waals surface area contributed by atoms with Gasteiger partial charge in [0.2, 0.25) is 10.0 Å². The fourth-order valence-corrected chi connectivity index (χ4v) is 1.95. The number of nitrogens with zero attached hydrogens (tertiary/aromatic N) is 2. The van der Waals surface area contributed by atoms with Crippen LogP contribution in [0.25, 0.3) is 0 Å². The molecule has 0 aliphatic heterocycles. The second-order valence-electron chi connectivity index (χ2n) is 2.92. The lowest BCUT2D eigenvalue weighted by Crippen LogP contribution is -2.26. The maximum atomic E-state index is 11.3. The van der Waals surface area contributed by atoms with Crippen LogP contribution in [0.3, 0.4) is 0 Å². The molecule has 0 bridgehead atoms. The summed E-state index contributed by atoms with van der Waals surface area (Å²) in [6.45, 7) is 0.0186. The Morgan fingerprint density at radius 1 is 1.47 bits per heavy atom. The first-order valence-electron chi connectivity index (χ1n) is 4.47. The van der Waals surface area contributed by atoms with E-state index in [4.69, 9.17) is 5.11 Å². The van der Waals surface area contributed by atoms with Crippen LogP contribution in [0.5, 0.6) is 0 Å². The van der Waals surface area contributed by atoms with Gasteiger partial charge in [-0.1, -0.05) is 0 Å². The van der Waals surface area contributed by atoms with Crippen molar-refractivity contribution in [3.63, 3.8) is 0 Å². The van der Waals surface area contributed by atoms with Crippen molar-refractivity contribution in [1.82, 2.24) is 14.7 Å². The summed E-state index contributed by atoms with van der Waals surface area (Å²) < 4.78 is 25.0. The summed E-state index contributed by atoms with van der Waals surface area (Å²) in [7, 11) is -3.31. The van der Waals surface area contributed by atoms with E-state index in [0.717, 1.165) is 0 Å². The Labute approximate surface area is 88.4 Å². The molecule has 1 heterocycles. The van der Waals surface area contributed by atoms with Gasteiger partial charge in [0.05, 0.1) is 18.0 Å². The highest BCUT2D eigenvalue weighted by atomic mass is 32.2. The fourth-order valence-electron chi connectivity index (χ4n) is 0.933. The highest BCUT2D eigenvalue weighted by Crippen LogP contribution is 1.94. The van der Waals surface area contributed by atoms with Gasteiger partial charge in [-0.25, -0.2) is 23.1 Å². The van der Waals surface area contributed by atoms with Gasteiger partial charge >= 0.3 is 0 Å². The number of hydrogen-bond donors (Lipinski definition) is 2. The van der Waals surface area contributed by atoms with Gasteiger partial charge in [0, 0.05) is 12.8 Å². The molecular formula is C8H13N3O3S. The zero-order chi connectivity index (χ0) is 11.1. The number of aliphatic hydroxyl groups is 1. The number of hydrogen-bond acceptors (Lipinski definition) is 5. The summed E-state index contributed by atoms with van der Waals surface area (Å²) in [5.41, 5.74) is 0.609. The van der Waals surface area contributed by atoms with Crippen LogP contribution in [0, 0.1) is 0 Å². The Bertz CT molecular complexity index is 379. The number of nitrogens with one attached hydrogen (secondary N) is 1. The third-order valence-corrected chi connectivity index (χ3v) is 3.10. The van der Waals surface area contributed by atoms with Crippen LogP contribution in [0.2, 0.25) is 0 Å². The minimum Gasteiger partial charge on any atom is -0.396 e. The third kappa shape index (κ3) is 4.82. The lowest BCUT2D eigenvalue weighted by molar-refractivity contribution is 0.295. The predicted octanol–water partition coefficient (Wildman–Crippen LogP) is -0.722. The fraction of sp³-hybridized carbons (Fsp3) is 0.500. The first-order valence-corrected chi connectivity index (χ1v) is 6.12. The van der Waals surface area contributed by atoms with Crippen molar-refractivity contribution < 1.29 is 13.5 Å². The van der Waals surface area contributed by atoms with Crippen LogP contribution in [0.4, 0.5) is 0 Å². The van der Waals surface area contributed by atoms with Gasteiger partial charge in [0.1, 0.15) is 6.33 Å². The van der Waals surface area contributed by atoms with E-state index in [2.05, 4.69) is 14.7 Å². The maximum absolute atomic E-state index is 11.3. The molecule has 0 spiro atoms. The molecule has 1 aromatic rings. The molecule has 0 aromatic carbocycles. The van der Waals surface area contributed by atoms with Gasteiger partial charge in [-0.3, -0.25) is 0 Å². The Morgan fingerprint density at radius 2 is 2.27 bits per heavy atom. The van der Waals surface area contributed by atoms with Gasteiger partial charge in [-0.2, -0.15) is 0 Å². The molecule has 0 saturated heterocycles. The van der Waals surface area contributed by atoms with Crippen LogP contribution < -0.4 is 4.72 Å². The topological polar surface area (TPSA) is 92.2 Å². The highest BCUT2D eigenvalue weighted by molar-refractivity contribution is 7.89. The summed E-state index contributed by atoms with van der Waals surface area (Å²) >= 11 is 0. The number of aromatic nitrogens is 2. The Kier molecular flexibility index (Phi) is 4.60. The van der Waals surface area contributed by atoms with Crippen LogP contribution in [-0.4, -0.2) is 35.9 Å².